The first-order valence-electron chi connectivity index (χ1n) is 8.96. The van der Waals surface area contributed by atoms with Gasteiger partial charge in [0, 0.05) is 11.9 Å². The second-order valence-electron chi connectivity index (χ2n) is 6.79. The molecule has 0 spiro atoms. The van der Waals surface area contributed by atoms with Crippen LogP contribution in [-0.4, -0.2) is 35.5 Å². The number of para-hydroxylation sites is 1. The predicted octanol–water partition coefficient (Wildman–Crippen LogP) is 3.32. The summed E-state index contributed by atoms with van der Waals surface area (Å²) in [4.78, 5) is 19.6. The molecule has 3 heterocycles. The van der Waals surface area contributed by atoms with Crippen molar-refractivity contribution in [3.8, 4) is 5.75 Å². The average molecular weight is 357 g/mol. The number of amides is 1. The highest BCUT2D eigenvalue weighted by atomic mass is 32.1. The third-order valence-corrected chi connectivity index (χ3v) is 5.67. The summed E-state index contributed by atoms with van der Waals surface area (Å²) in [5.41, 5.74) is 2.14. The molecule has 0 radical (unpaired) electrons. The number of benzene rings is 1. The number of carbonyl (C=O) groups is 1. The molecule has 5 nitrogen and oxygen atoms in total. The van der Waals surface area contributed by atoms with E-state index in [0.29, 0.717) is 18.2 Å². The van der Waals surface area contributed by atoms with Crippen molar-refractivity contribution in [3.63, 3.8) is 0 Å². The van der Waals surface area contributed by atoms with Gasteiger partial charge in [0.2, 0.25) is 5.91 Å². The van der Waals surface area contributed by atoms with E-state index in [9.17, 15) is 4.79 Å². The molecule has 1 amide bonds. The molecule has 1 saturated heterocycles. The lowest BCUT2D eigenvalue weighted by atomic mass is 9.96. The highest BCUT2D eigenvalue weighted by Crippen LogP contribution is 2.28. The fourth-order valence-corrected chi connectivity index (χ4v) is 4.19. The van der Waals surface area contributed by atoms with Crippen LogP contribution in [0.5, 0.6) is 5.75 Å². The first-order chi connectivity index (χ1) is 12.3. The summed E-state index contributed by atoms with van der Waals surface area (Å²) in [5, 5.41) is 5.71. The summed E-state index contributed by atoms with van der Waals surface area (Å²) in [5.74, 6) is 0.724. The molecule has 1 fully saturated rings. The predicted molar refractivity (Wildman–Crippen MR) is 99.0 cm³/mol. The zero-order valence-corrected chi connectivity index (χ0v) is 15.1. The lowest BCUT2D eigenvalue weighted by molar-refractivity contribution is -0.121. The van der Waals surface area contributed by atoms with Gasteiger partial charge < -0.3 is 10.1 Å². The van der Waals surface area contributed by atoms with Crippen LogP contribution in [0, 0.1) is 5.92 Å². The second kappa shape index (κ2) is 7.54. The summed E-state index contributed by atoms with van der Waals surface area (Å²) < 4.78 is 5.72. The monoisotopic (exact) mass is 357 g/mol. The van der Waals surface area contributed by atoms with Crippen LogP contribution in [0.15, 0.2) is 29.6 Å². The zero-order chi connectivity index (χ0) is 17.1. The van der Waals surface area contributed by atoms with E-state index in [0.717, 1.165) is 36.6 Å². The minimum absolute atomic E-state index is 0.00613. The number of nitrogens with zero attached hydrogens (tertiary/aromatic N) is 2. The number of rotatable bonds is 4. The Hall–Kier alpha value is -1.92. The van der Waals surface area contributed by atoms with Crippen molar-refractivity contribution in [3.05, 3.63) is 40.9 Å². The molecule has 1 aromatic heterocycles. The molecule has 4 rings (SSSR count). The highest BCUT2D eigenvalue weighted by molar-refractivity contribution is 7.13. The fourth-order valence-electron chi connectivity index (χ4n) is 3.49. The summed E-state index contributed by atoms with van der Waals surface area (Å²) in [6.07, 6.45) is 4.60. The largest absolute Gasteiger partial charge is 0.492 e. The van der Waals surface area contributed by atoms with Gasteiger partial charge in [-0.15, -0.1) is 11.3 Å². The molecule has 25 heavy (non-hydrogen) atoms. The molecule has 1 N–H and O–H groups in total. The Morgan fingerprint density at radius 2 is 2.12 bits per heavy atom. The normalized spacial score (nSPS) is 20.6. The lowest BCUT2D eigenvalue weighted by Crippen LogP contribution is -2.32. The van der Waals surface area contributed by atoms with E-state index in [2.05, 4.69) is 20.6 Å². The molecular weight excluding hydrogens is 334 g/mol. The standard InChI is InChI=1S/C19H23N3O2S/c23-18(15-10-14-6-2-3-7-17(14)24-12-15)21-19-20-16(13-25-19)11-22-8-4-1-5-9-22/h2-3,6-7,13,15H,1,4-5,8-12H2,(H,20,21,23). The van der Waals surface area contributed by atoms with Gasteiger partial charge in [0.25, 0.3) is 0 Å². The fraction of sp³-hybridized carbons (Fsp3) is 0.474. The summed E-state index contributed by atoms with van der Waals surface area (Å²) in [6, 6.07) is 7.92. The molecule has 0 aliphatic carbocycles. The molecule has 2 aliphatic rings. The van der Waals surface area contributed by atoms with Crippen molar-refractivity contribution in [2.24, 2.45) is 5.92 Å². The van der Waals surface area contributed by atoms with E-state index in [4.69, 9.17) is 4.74 Å². The molecule has 132 valence electrons. The summed E-state index contributed by atoms with van der Waals surface area (Å²) in [7, 11) is 0. The van der Waals surface area contributed by atoms with Crippen LogP contribution in [0.1, 0.15) is 30.5 Å². The molecule has 1 atom stereocenters. The van der Waals surface area contributed by atoms with Crippen LogP contribution >= 0.6 is 11.3 Å². The number of aromatic nitrogens is 1. The molecule has 0 bridgehead atoms. The third-order valence-electron chi connectivity index (χ3n) is 4.87. The minimum Gasteiger partial charge on any atom is -0.492 e. The van der Waals surface area contributed by atoms with Crippen LogP contribution in [-0.2, 0) is 17.8 Å². The number of anilines is 1. The Bertz CT molecular complexity index is 740. The van der Waals surface area contributed by atoms with Gasteiger partial charge in [-0.05, 0) is 44.0 Å². The number of carbonyl (C=O) groups excluding carboxylic acids is 1. The maximum absolute atomic E-state index is 12.5. The van der Waals surface area contributed by atoms with Crippen LogP contribution in [0.3, 0.4) is 0 Å². The Morgan fingerprint density at radius 3 is 3.00 bits per heavy atom. The SMILES string of the molecule is O=C(Nc1nc(CN2CCCCC2)cs1)C1COc2ccccc2C1. The molecule has 2 aliphatic heterocycles. The number of ether oxygens (including phenoxy) is 1. The van der Waals surface area contributed by atoms with Gasteiger partial charge in [-0.25, -0.2) is 4.98 Å². The zero-order valence-electron chi connectivity index (χ0n) is 14.2. The number of piperidine rings is 1. The van der Waals surface area contributed by atoms with E-state index >= 15 is 0 Å². The van der Waals surface area contributed by atoms with Crippen molar-refractivity contribution in [2.75, 3.05) is 25.0 Å². The second-order valence-corrected chi connectivity index (χ2v) is 7.65. The van der Waals surface area contributed by atoms with Gasteiger partial charge in [0.05, 0.1) is 11.6 Å². The van der Waals surface area contributed by atoms with E-state index in [1.54, 1.807) is 0 Å². The Kier molecular flexibility index (Phi) is 4.99. The molecule has 1 unspecified atom stereocenters. The Morgan fingerprint density at radius 1 is 1.28 bits per heavy atom. The van der Waals surface area contributed by atoms with E-state index in [1.165, 1.54) is 30.6 Å². The number of fused-ring (bicyclic) bond motifs is 1. The maximum atomic E-state index is 12.5. The highest BCUT2D eigenvalue weighted by Gasteiger charge is 2.26. The van der Waals surface area contributed by atoms with Gasteiger partial charge in [0.1, 0.15) is 12.4 Å². The van der Waals surface area contributed by atoms with Crippen molar-refractivity contribution in [1.29, 1.82) is 0 Å². The van der Waals surface area contributed by atoms with Gasteiger partial charge in [0.15, 0.2) is 5.13 Å². The molecule has 6 heteroatoms. The van der Waals surface area contributed by atoms with Crippen molar-refractivity contribution >= 4 is 22.4 Å². The van der Waals surface area contributed by atoms with Crippen molar-refractivity contribution in [1.82, 2.24) is 9.88 Å². The molecule has 1 aromatic carbocycles. The number of nitrogens with one attached hydrogen (secondary N) is 1. The minimum atomic E-state index is -0.163. The van der Waals surface area contributed by atoms with Crippen LogP contribution in [0.2, 0.25) is 0 Å². The van der Waals surface area contributed by atoms with Crippen molar-refractivity contribution < 1.29 is 9.53 Å². The van der Waals surface area contributed by atoms with Crippen LogP contribution in [0.4, 0.5) is 5.13 Å². The Balaban J connectivity index is 1.34. The smallest absolute Gasteiger partial charge is 0.233 e. The number of thiazole rings is 1. The number of hydrogen-bond acceptors (Lipinski definition) is 5. The van der Waals surface area contributed by atoms with E-state index in [-0.39, 0.29) is 11.8 Å². The average Bonchev–Trinajstić information content (AvgIpc) is 3.09. The summed E-state index contributed by atoms with van der Waals surface area (Å²) >= 11 is 1.51. The lowest BCUT2D eigenvalue weighted by Gasteiger charge is -2.25. The van der Waals surface area contributed by atoms with Gasteiger partial charge in [-0.2, -0.15) is 0 Å². The molecular formula is C19H23N3O2S. The maximum Gasteiger partial charge on any atom is 0.233 e. The van der Waals surface area contributed by atoms with Gasteiger partial charge in [-0.1, -0.05) is 24.6 Å². The number of likely N-dealkylation sites (tertiary alicyclic amines) is 1. The van der Waals surface area contributed by atoms with E-state index in [1.807, 2.05) is 24.3 Å². The van der Waals surface area contributed by atoms with Crippen molar-refractivity contribution in [2.45, 2.75) is 32.2 Å². The summed E-state index contributed by atoms with van der Waals surface area (Å²) in [6.45, 7) is 3.61. The first kappa shape index (κ1) is 16.5. The molecule has 0 saturated carbocycles. The topological polar surface area (TPSA) is 54.5 Å². The quantitative estimate of drug-likeness (QED) is 0.912. The van der Waals surface area contributed by atoms with Gasteiger partial charge in [-0.3, -0.25) is 9.69 Å². The van der Waals surface area contributed by atoms with Crippen LogP contribution in [0.25, 0.3) is 0 Å². The van der Waals surface area contributed by atoms with E-state index < -0.39 is 0 Å². The van der Waals surface area contributed by atoms with Gasteiger partial charge >= 0.3 is 0 Å². The third kappa shape index (κ3) is 4.02. The molecule has 2 aromatic rings. The number of hydrogen-bond donors (Lipinski definition) is 1. The first-order valence-corrected chi connectivity index (χ1v) is 9.84. The Labute approximate surface area is 152 Å². The van der Waals surface area contributed by atoms with Crippen LogP contribution < -0.4 is 10.1 Å².